The number of nitrogens with zero attached hydrogens (tertiary/aromatic N) is 2. The smallest absolute Gasteiger partial charge is 0.188 e. The molecule has 2 aliphatic rings. The summed E-state index contributed by atoms with van der Waals surface area (Å²) in [4.78, 5) is 10.5. The van der Waals surface area contributed by atoms with Gasteiger partial charge in [-0.1, -0.05) is 206 Å². The molecule has 0 spiro atoms. The molecule has 9 aromatic carbocycles. The van der Waals surface area contributed by atoms with Crippen molar-refractivity contribution in [3.8, 4) is 23.0 Å². The lowest BCUT2D eigenvalue weighted by Crippen LogP contribution is -2.76. The number of amidine groups is 2. The lowest BCUT2D eigenvalue weighted by molar-refractivity contribution is 0.486. The highest BCUT2D eigenvalue weighted by Gasteiger charge is 2.50. The molecule has 7 heteroatoms. The molecule has 0 saturated carbocycles. The van der Waals surface area contributed by atoms with Gasteiger partial charge in [-0.2, -0.15) is 0 Å². The Labute approximate surface area is 381 Å². The van der Waals surface area contributed by atoms with Gasteiger partial charge in [0.25, 0.3) is 0 Å². The second kappa shape index (κ2) is 16.6. The van der Waals surface area contributed by atoms with Crippen LogP contribution in [0.25, 0.3) is 0 Å². The SMILES string of the molecule is Cc1ccccc1C=NC(=NC(=N)c1cccc2c1Oc1ccccc1[Si]2(c1ccccc1)c1ccccc1)c1cccc2c1Oc1ccccc1[Si]2(c1ccccc1)c1ccccc1. The molecule has 9 aromatic rings. The number of rotatable bonds is 7. The van der Waals surface area contributed by atoms with Gasteiger partial charge in [-0.15, -0.1) is 0 Å². The summed E-state index contributed by atoms with van der Waals surface area (Å²) in [6, 6.07) is 80.8. The molecular weight excluding hydrogens is 827 g/mol. The Balaban J connectivity index is 1.15. The molecule has 2 heterocycles. The molecular formula is C58H43N3O2Si2. The lowest BCUT2D eigenvalue weighted by Gasteiger charge is -2.40. The van der Waals surface area contributed by atoms with Crippen LogP contribution in [0, 0.1) is 12.3 Å². The van der Waals surface area contributed by atoms with Crippen molar-refractivity contribution in [3.63, 3.8) is 0 Å². The molecule has 310 valence electrons. The molecule has 0 saturated heterocycles. The number of para-hydroxylation sites is 4. The van der Waals surface area contributed by atoms with E-state index in [1.54, 1.807) is 0 Å². The third kappa shape index (κ3) is 6.55. The fraction of sp³-hybridized carbons (Fsp3) is 0.0172. The molecule has 0 unspecified atom stereocenters. The summed E-state index contributed by atoms with van der Waals surface area (Å²) in [5.41, 5.74) is 3.32. The normalized spacial score (nSPS) is 14.2. The predicted molar refractivity (Wildman–Crippen MR) is 272 cm³/mol. The number of ether oxygens (including phenoxy) is 2. The first-order chi connectivity index (χ1) is 32.1. The first-order valence-electron chi connectivity index (χ1n) is 21.9. The third-order valence-electron chi connectivity index (χ3n) is 12.9. The third-order valence-corrected chi connectivity index (χ3v) is 22.5. The topological polar surface area (TPSA) is 67.0 Å². The second-order valence-electron chi connectivity index (χ2n) is 16.4. The van der Waals surface area contributed by atoms with Crippen molar-refractivity contribution >= 4 is 75.5 Å². The summed E-state index contributed by atoms with van der Waals surface area (Å²) in [6.45, 7) is 2.07. The number of hydrogen-bond donors (Lipinski definition) is 1. The van der Waals surface area contributed by atoms with E-state index in [-0.39, 0.29) is 5.84 Å². The average Bonchev–Trinajstić information content (AvgIpc) is 3.37. The van der Waals surface area contributed by atoms with Gasteiger partial charge in [0.05, 0.1) is 11.1 Å². The quantitative estimate of drug-likeness (QED) is 0.101. The fourth-order valence-corrected chi connectivity index (χ4v) is 20.0. The van der Waals surface area contributed by atoms with Crippen LogP contribution in [0.1, 0.15) is 22.3 Å². The van der Waals surface area contributed by atoms with Gasteiger partial charge in [0.1, 0.15) is 23.0 Å². The van der Waals surface area contributed by atoms with Gasteiger partial charge in [0, 0.05) is 6.21 Å². The summed E-state index contributed by atoms with van der Waals surface area (Å²) in [5, 5.41) is 19.5. The fourth-order valence-electron chi connectivity index (χ4n) is 10.0. The van der Waals surface area contributed by atoms with Gasteiger partial charge in [-0.25, -0.2) is 9.98 Å². The van der Waals surface area contributed by atoms with Gasteiger partial charge in [-0.05, 0) is 83.8 Å². The number of aliphatic imine (C=N–C) groups is 2. The first-order valence-corrected chi connectivity index (χ1v) is 25.9. The van der Waals surface area contributed by atoms with Crippen LogP contribution >= 0.6 is 0 Å². The molecule has 0 bridgehead atoms. The summed E-state index contributed by atoms with van der Waals surface area (Å²) in [7, 11) is -5.96. The number of aryl methyl sites for hydroxylation is 1. The van der Waals surface area contributed by atoms with Crippen LogP contribution in [0.4, 0.5) is 0 Å². The Morgan fingerprint density at radius 3 is 1.28 bits per heavy atom. The van der Waals surface area contributed by atoms with Crippen molar-refractivity contribution in [1.29, 1.82) is 5.41 Å². The van der Waals surface area contributed by atoms with Crippen LogP contribution in [-0.4, -0.2) is 34.0 Å². The average molecular weight is 870 g/mol. The zero-order chi connectivity index (χ0) is 43.8. The van der Waals surface area contributed by atoms with E-state index in [1.807, 2.05) is 54.7 Å². The molecule has 0 atom stereocenters. The minimum absolute atomic E-state index is 0.0330. The van der Waals surface area contributed by atoms with Crippen LogP contribution in [0.15, 0.2) is 241 Å². The largest absolute Gasteiger partial charge is 0.457 e. The molecule has 0 aromatic heterocycles. The van der Waals surface area contributed by atoms with Crippen LogP contribution < -0.4 is 51.0 Å². The van der Waals surface area contributed by atoms with Crippen LogP contribution in [-0.2, 0) is 0 Å². The van der Waals surface area contributed by atoms with Gasteiger partial charge >= 0.3 is 0 Å². The maximum Gasteiger partial charge on any atom is 0.188 e. The molecule has 0 radical (unpaired) electrons. The Bertz CT molecular complexity index is 3220. The summed E-state index contributed by atoms with van der Waals surface area (Å²) in [6.07, 6.45) is 1.85. The lowest BCUT2D eigenvalue weighted by atomic mass is 10.1. The van der Waals surface area contributed by atoms with Crippen LogP contribution in [0.2, 0.25) is 0 Å². The minimum Gasteiger partial charge on any atom is -0.457 e. The molecule has 0 amide bonds. The van der Waals surface area contributed by atoms with Gasteiger partial charge in [0.15, 0.2) is 27.8 Å². The Morgan fingerprint density at radius 1 is 0.415 bits per heavy atom. The van der Waals surface area contributed by atoms with E-state index >= 15 is 0 Å². The molecule has 0 fully saturated rings. The highest BCUT2D eigenvalue weighted by Crippen LogP contribution is 2.35. The Kier molecular flexibility index (Phi) is 10.2. The molecule has 5 nitrogen and oxygen atoms in total. The zero-order valence-corrected chi connectivity index (χ0v) is 37.7. The molecule has 65 heavy (non-hydrogen) atoms. The van der Waals surface area contributed by atoms with Crippen molar-refractivity contribution in [2.45, 2.75) is 6.92 Å². The van der Waals surface area contributed by atoms with E-state index < -0.39 is 16.1 Å². The Hall–Kier alpha value is -7.98. The van der Waals surface area contributed by atoms with Crippen molar-refractivity contribution in [2.24, 2.45) is 9.98 Å². The van der Waals surface area contributed by atoms with E-state index in [9.17, 15) is 5.41 Å². The molecule has 1 N–H and O–H groups in total. The number of fused-ring (bicyclic) bond motifs is 4. The first kappa shape index (κ1) is 39.8. The van der Waals surface area contributed by atoms with Crippen molar-refractivity contribution in [2.75, 3.05) is 0 Å². The summed E-state index contributed by atoms with van der Waals surface area (Å²) >= 11 is 0. The molecule has 11 rings (SSSR count). The highest BCUT2D eigenvalue weighted by atomic mass is 28.3. The van der Waals surface area contributed by atoms with Crippen molar-refractivity contribution in [3.05, 3.63) is 253 Å². The van der Waals surface area contributed by atoms with Crippen molar-refractivity contribution < 1.29 is 9.47 Å². The monoisotopic (exact) mass is 869 g/mol. The highest BCUT2D eigenvalue weighted by molar-refractivity contribution is 7.21. The van der Waals surface area contributed by atoms with Gasteiger partial charge in [0.2, 0.25) is 0 Å². The molecule has 0 aliphatic carbocycles. The summed E-state index contributed by atoms with van der Waals surface area (Å²) in [5.74, 6) is 3.32. The van der Waals surface area contributed by atoms with E-state index in [4.69, 9.17) is 19.5 Å². The maximum absolute atomic E-state index is 10.0. The standard InChI is InChI=1S/C58H43N3O2Si2/c1-41-22-14-15-23-42(41)40-60-58(48-33-21-39-54-56(48)63-50-35-17-19-37-52(50)65(54,45-28-10-4-11-29-45)46-30-12-5-13-31-46)61-57(59)47-32-20-38-53-55(47)62-49-34-16-18-36-51(49)64(53,43-24-6-2-7-25-43)44-26-8-3-9-27-44/h2-40,59H,1H3. The van der Waals surface area contributed by atoms with E-state index in [0.29, 0.717) is 28.5 Å². The van der Waals surface area contributed by atoms with Gasteiger partial charge in [-0.3, -0.25) is 5.41 Å². The maximum atomic E-state index is 10.0. The number of nitrogens with one attached hydrogen (secondary N) is 1. The van der Waals surface area contributed by atoms with E-state index in [2.05, 4.69) is 189 Å². The minimum atomic E-state index is -2.99. The van der Waals surface area contributed by atoms with Crippen LogP contribution in [0.3, 0.4) is 0 Å². The Morgan fingerprint density at radius 2 is 0.800 bits per heavy atom. The van der Waals surface area contributed by atoms with Gasteiger partial charge < -0.3 is 9.47 Å². The van der Waals surface area contributed by atoms with E-state index in [1.165, 1.54) is 31.1 Å². The summed E-state index contributed by atoms with van der Waals surface area (Å²) < 4.78 is 14.1. The second-order valence-corrected chi connectivity index (χ2v) is 23.9. The zero-order valence-electron chi connectivity index (χ0n) is 35.7. The van der Waals surface area contributed by atoms with Crippen molar-refractivity contribution in [1.82, 2.24) is 0 Å². The van der Waals surface area contributed by atoms with Crippen LogP contribution in [0.5, 0.6) is 23.0 Å². The number of hydrogen-bond acceptors (Lipinski definition) is 3. The predicted octanol–water partition coefficient (Wildman–Crippen LogP) is 7.85. The van der Waals surface area contributed by atoms with E-state index in [0.717, 1.165) is 33.0 Å². The number of benzene rings is 9. The molecule has 2 aliphatic heterocycles.